The molecule has 0 spiro atoms. The summed E-state index contributed by atoms with van der Waals surface area (Å²) in [5.74, 6) is 2.38. The van der Waals surface area contributed by atoms with Gasteiger partial charge in [-0.3, -0.25) is 0 Å². The van der Waals surface area contributed by atoms with Gasteiger partial charge in [0.25, 0.3) is 0 Å². The minimum absolute atomic E-state index is 0.261. The number of fused-ring (bicyclic) bond motifs is 1. The Labute approximate surface area is 180 Å². The smallest absolute Gasteiger partial charge is 0.00726 e. The van der Waals surface area contributed by atoms with Crippen molar-refractivity contribution < 1.29 is 0 Å². The highest BCUT2D eigenvalue weighted by Crippen LogP contribution is 2.46. The zero-order chi connectivity index (χ0) is 20.4. The molecule has 1 aliphatic carbocycles. The van der Waals surface area contributed by atoms with Crippen molar-refractivity contribution in [1.29, 1.82) is 0 Å². The Bertz CT molecular complexity index is 841. The van der Waals surface area contributed by atoms with Crippen LogP contribution in [0.2, 0.25) is 0 Å². The van der Waals surface area contributed by atoms with Crippen LogP contribution < -0.4 is 0 Å². The van der Waals surface area contributed by atoms with E-state index in [1.54, 1.807) is 0 Å². The topological polar surface area (TPSA) is 0 Å². The third-order valence-corrected chi connectivity index (χ3v) is 8.01. The van der Waals surface area contributed by atoms with Crippen molar-refractivity contribution >= 4 is 35.2 Å². The predicted molar refractivity (Wildman–Crippen MR) is 131 cm³/mol. The van der Waals surface area contributed by atoms with Crippen LogP contribution in [0.1, 0.15) is 69.7 Å². The maximum atomic E-state index is 2.45. The van der Waals surface area contributed by atoms with Gasteiger partial charge in [-0.2, -0.15) is 11.8 Å². The summed E-state index contributed by atoms with van der Waals surface area (Å²) in [4.78, 5) is 1.36. The molecule has 0 unspecified atom stereocenters. The molecule has 0 aromatic heterocycles. The van der Waals surface area contributed by atoms with Gasteiger partial charge in [0.15, 0.2) is 0 Å². The molecule has 0 aliphatic heterocycles. The summed E-state index contributed by atoms with van der Waals surface area (Å²) in [7, 11) is 0. The van der Waals surface area contributed by atoms with E-state index in [9.17, 15) is 0 Å². The Hall–Kier alpha value is -1.12. The number of rotatable bonds is 6. The van der Waals surface area contributed by atoms with E-state index < -0.39 is 0 Å². The third kappa shape index (κ3) is 4.89. The van der Waals surface area contributed by atoms with E-state index in [-0.39, 0.29) is 10.8 Å². The molecule has 150 valence electrons. The lowest BCUT2D eigenvalue weighted by Crippen LogP contribution is -2.33. The molecule has 0 bridgehead atoms. The van der Waals surface area contributed by atoms with E-state index in [0.717, 1.165) is 0 Å². The maximum Gasteiger partial charge on any atom is 0.00726 e. The van der Waals surface area contributed by atoms with Crippen molar-refractivity contribution in [3.8, 4) is 0 Å². The summed E-state index contributed by atoms with van der Waals surface area (Å²) in [6, 6.07) is 16.2. The molecule has 3 rings (SSSR count). The predicted octanol–water partition coefficient (Wildman–Crippen LogP) is 8.05. The van der Waals surface area contributed by atoms with Crippen LogP contribution in [-0.4, -0.2) is 17.8 Å². The van der Waals surface area contributed by atoms with Crippen molar-refractivity contribution in [1.82, 2.24) is 0 Å². The first-order chi connectivity index (χ1) is 13.2. The molecule has 1 aliphatic rings. The van der Waals surface area contributed by atoms with Crippen molar-refractivity contribution in [3.63, 3.8) is 0 Å². The van der Waals surface area contributed by atoms with Crippen molar-refractivity contribution in [2.24, 2.45) is 0 Å². The first-order valence-corrected chi connectivity index (χ1v) is 12.7. The van der Waals surface area contributed by atoms with E-state index in [0.29, 0.717) is 0 Å². The fraction of sp³-hybridized carbons (Fsp3) is 0.462. The SMILES string of the molecule is CSCCSc1ccc(/C=C(\C)c2ccc3c(c2)C(C)(C)CCC3(C)C)cc1. The summed E-state index contributed by atoms with van der Waals surface area (Å²) in [5, 5.41) is 0. The van der Waals surface area contributed by atoms with Crippen LogP contribution in [0.4, 0.5) is 0 Å². The summed E-state index contributed by atoms with van der Waals surface area (Å²) in [6.07, 6.45) is 7.01. The Balaban J connectivity index is 1.84. The van der Waals surface area contributed by atoms with E-state index in [1.807, 2.05) is 23.5 Å². The van der Waals surface area contributed by atoms with Gasteiger partial charge in [-0.1, -0.05) is 64.1 Å². The zero-order valence-electron chi connectivity index (χ0n) is 18.3. The van der Waals surface area contributed by atoms with Crippen molar-refractivity contribution in [2.75, 3.05) is 17.8 Å². The summed E-state index contributed by atoms with van der Waals surface area (Å²) >= 11 is 3.85. The average molecular weight is 411 g/mol. The van der Waals surface area contributed by atoms with Crippen LogP contribution in [0.25, 0.3) is 11.6 Å². The number of allylic oxidation sites excluding steroid dienone is 1. The molecule has 0 atom stereocenters. The number of benzene rings is 2. The molecule has 0 nitrogen and oxygen atoms in total. The Morgan fingerprint density at radius 3 is 2.18 bits per heavy atom. The number of hydrogen-bond acceptors (Lipinski definition) is 2. The first-order valence-electron chi connectivity index (χ1n) is 10.3. The molecule has 0 radical (unpaired) electrons. The standard InChI is InChI=1S/C26H34S2/c1-19(17-20-7-10-22(11-8-20)28-16-15-27-6)21-9-12-23-24(18-21)26(4,5)14-13-25(23,2)3/h7-12,17-18H,13-16H2,1-6H3/b19-17+. The third-order valence-electron chi connectivity index (χ3n) is 6.13. The van der Waals surface area contributed by atoms with Gasteiger partial charge in [-0.15, -0.1) is 11.8 Å². The Morgan fingerprint density at radius 2 is 1.54 bits per heavy atom. The quantitative estimate of drug-likeness (QED) is 0.268. The second-order valence-corrected chi connectivity index (χ2v) is 11.4. The van der Waals surface area contributed by atoms with Gasteiger partial charge in [0.1, 0.15) is 0 Å². The second kappa shape index (κ2) is 8.71. The fourth-order valence-corrected chi connectivity index (χ4v) is 5.63. The fourth-order valence-electron chi connectivity index (χ4n) is 4.07. The van der Waals surface area contributed by atoms with E-state index in [2.05, 4.69) is 89.4 Å². The van der Waals surface area contributed by atoms with Gasteiger partial charge in [-0.25, -0.2) is 0 Å². The van der Waals surface area contributed by atoms with Gasteiger partial charge < -0.3 is 0 Å². The average Bonchev–Trinajstić information content (AvgIpc) is 2.67. The lowest BCUT2D eigenvalue weighted by Gasteiger charge is -2.42. The lowest BCUT2D eigenvalue weighted by molar-refractivity contribution is 0.332. The molecule has 0 saturated heterocycles. The van der Waals surface area contributed by atoms with Crippen LogP contribution in [0.15, 0.2) is 47.4 Å². The monoisotopic (exact) mass is 410 g/mol. The number of thioether (sulfide) groups is 2. The minimum Gasteiger partial charge on any atom is -0.165 e. The molecule has 0 amide bonds. The van der Waals surface area contributed by atoms with Gasteiger partial charge >= 0.3 is 0 Å². The molecule has 0 saturated carbocycles. The van der Waals surface area contributed by atoms with Gasteiger partial charge in [0, 0.05) is 16.4 Å². The van der Waals surface area contributed by atoms with Crippen LogP contribution in [-0.2, 0) is 10.8 Å². The van der Waals surface area contributed by atoms with Crippen LogP contribution >= 0.6 is 23.5 Å². The molecule has 2 heteroatoms. The summed E-state index contributed by atoms with van der Waals surface area (Å²) in [5.41, 5.74) is 7.58. The van der Waals surface area contributed by atoms with Crippen molar-refractivity contribution in [2.45, 2.75) is 63.2 Å². The highest BCUT2D eigenvalue weighted by Gasteiger charge is 2.36. The maximum absolute atomic E-state index is 2.45. The molecule has 28 heavy (non-hydrogen) atoms. The highest BCUT2D eigenvalue weighted by molar-refractivity contribution is 8.02. The first kappa shape index (κ1) is 21.6. The number of hydrogen-bond donors (Lipinski definition) is 0. The van der Waals surface area contributed by atoms with E-state index in [4.69, 9.17) is 0 Å². The zero-order valence-corrected chi connectivity index (χ0v) is 19.9. The van der Waals surface area contributed by atoms with Gasteiger partial charge in [-0.05, 0) is 76.8 Å². The Kier molecular flexibility index (Phi) is 6.72. The van der Waals surface area contributed by atoms with Gasteiger partial charge in [0.05, 0.1) is 0 Å². The molecular formula is C26H34S2. The molecule has 0 heterocycles. The molecule has 0 fully saturated rings. The van der Waals surface area contributed by atoms with E-state index >= 15 is 0 Å². The van der Waals surface area contributed by atoms with Crippen LogP contribution in [0.5, 0.6) is 0 Å². The molecule has 2 aromatic carbocycles. The van der Waals surface area contributed by atoms with Crippen LogP contribution in [0, 0.1) is 0 Å². The minimum atomic E-state index is 0.261. The largest absolute Gasteiger partial charge is 0.165 e. The lowest BCUT2D eigenvalue weighted by atomic mass is 9.63. The van der Waals surface area contributed by atoms with Crippen LogP contribution in [0.3, 0.4) is 0 Å². The van der Waals surface area contributed by atoms with E-state index in [1.165, 1.54) is 57.1 Å². The molecule has 2 aromatic rings. The summed E-state index contributed by atoms with van der Waals surface area (Å²) < 4.78 is 0. The second-order valence-electron chi connectivity index (χ2n) is 9.27. The molecular weight excluding hydrogens is 376 g/mol. The highest BCUT2D eigenvalue weighted by atomic mass is 32.2. The normalized spacial score (nSPS) is 18.0. The van der Waals surface area contributed by atoms with Gasteiger partial charge in [0.2, 0.25) is 0 Å². The molecule has 0 N–H and O–H groups in total. The Morgan fingerprint density at radius 1 is 0.893 bits per heavy atom. The van der Waals surface area contributed by atoms with Crippen molar-refractivity contribution in [3.05, 3.63) is 64.7 Å². The summed E-state index contributed by atoms with van der Waals surface area (Å²) in [6.45, 7) is 11.8.